The van der Waals surface area contributed by atoms with Crippen molar-refractivity contribution in [3.05, 3.63) is 65.2 Å². The summed E-state index contributed by atoms with van der Waals surface area (Å²) in [5, 5.41) is 5.49. The van der Waals surface area contributed by atoms with Gasteiger partial charge in [0, 0.05) is 5.69 Å². The Morgan fingerprint density at radius 2 is 1.78 bits per heavy atom. The maximum atomic E-state index is 12.3. The van der Waals surface area contributed by atoms with Gasteiger partial charge in [-0.1, -0.05) is 48.0 Å². The zero-order chi connectivity index (χ0) is 16.8. The van der Waals surface area contributed by atoms with Crippen LogP contribution in [0.2, 0.25) is 0 Å². The number of aryl methyl sites for hydroxylation is 2. The molecule has 1 atom stereocenters. The van der Waals surface area contributed by atoms with E-state index in [9.17, 15) is 9.59 Å². The number of nitrogens with two attached hydrogens (primary N) is 1. The molecule has 0 aliphatic carbocycles. The summed E-state index contributed by atoms with van der Waals surface area (Å²) in [5.41, 5.74) is 8.96. The van der Waals surface area contributed by atoms with Crippen molar-refractivity contribution in [2.75, 3.05) is 5.32 Å². The molecule has 4 N–H and O–H groups in total. The Balaban J connectivity index is 2.09. The van der Waals surface area contributed by atoms with Gasteiger partial charge in [0.1, 0.15) is 0 Å². The molecule has 0 saturated carbocycles. The lowest BCUT2D eigenvalue weighted by atomic mass is 10.0. The number of hydrogen-bond donors (Lipinski definition) is 3. The normalized spacial score (nSPS) is 11.6. The van der Waals surface area contributed by atoms with E-state index < -0.39 is 12.1 Å². The van der Waals surface area contributed by atoms with Gasteiger partial charge in [0.15, 0.2) is 0 Å². The topological polar surface area (TPSA) is 84.2 Å². The van der Waals surface area contributed by atoms with Gasteiger partial charge in [0.25, 0.3) is 0 Å². The zero-order valence-electron chi connectivity index (χ0n) is 13.3. The second kappa shape index (κ2) is 7.45. The highest BCUT2D eigenvalue weighted by atomic mass is 16.2. The standard InChI is InChI=1S/C18H21N3O2/c1-12-8-9-15(13(2)10-12)20-17(22)11-16(21-18(19)23)14-6-4-3-5-7-14/h3-10,16H,11H2,1-2H3,(H,20,22)(H3,19,21,23). The first kappa shape index (κ1) is 16.5. The average Bonchev–Trinajstić information content (AvgIpc) is 2.50. The van der Waals surface area contributed by atoms with Crippen LogP contribution in [0.1, 0.15) is 29.2 Å². The molecule has 5 nitrogen and oxygen atoms in total. The SMILES string of the molecule is Cc1ccc(NC(=O)CC(NC(N)=O)c2ccccc2)c(C)c1. The molecule has 0 radical (unpaired) electrons. The number of rotatable bonds is 5. The predicted octanol–water partition coefficient (Wildman–Crippen LogP) is 3.04. The van der Waals surface area contributed by atoms with Crippen LogP contribution in [0, 0.1) is 13.8 Å². The van der Waals surface area contributed by atoms with Crippen LogP contribution < -0.4 is 16.4 Å². The summed E-state index contributed by atoms with van der Waals surface area (Å²) in [6.07, 6.45) is 0.111. The van der Waals surface area contributed by atoms with Crippen molar-refractivity contribution in [1.82, 2.24) is 5.32 Å². The lowest BCUT2D eigenvalue weighted by molar-refractivity contribution is -0.116. The molecule has 0 bridgehead atoms. The molecular formula is C18H21N3O2. The Hall–Kier alpha value is -2.82. The number of carbonyl (C=O) groups excluding carboxylic acids is 2. The van der Waals surface area contributed by atoms with Crippen molar-refractivity contribution in [3.8, 4) is 0 Å². The molecule has 1 unspecified atom stereocenters. The summed E-state index contributed by atoms with van der Waals surface area (Å²) in [7, 11) is 0. The molecule has 0 aliphatic rings. The van der Waals surface area contributed by atoms with Crippen molar-refractivity contribution >= 4 is 17.6 Å². The second-order valence-electron chi connectivity index (χ2n) is 5.54. The van der Waals surface area contributed by atoms with Gasteiger partial charge in [-0.3, -0.25) is 4.79 Å². The Kier molecular flexibility index (Phi) is 5.36. The van der Waals surface area contributed by atoms with E-state index in [2.05, 4.69) is 10.6 Å². The van der Waals surface area contributed by atoms with Gasteiger partial charge in [-0.05, 0) is 31.0 Å². The van der Waals surface area contributed by atoms with E-state index >= 15 is 0 Å². The van der Waals surface area contributed by atoms with Gasteiger partial charge in [0.05, 0.1) is 12.5 Å². The van der Waals surface area contributed by atoms with Gasteiger partial charge in [-0.15, -0.1) is 0 Å². The summed E-state index contributed by atoms with van der Waals surface area (Å²) in [6.45, 7) is 3.94. The monoisotopic (exact) mass is 311 g/mol. The van der Waals surface area contributed by atoms with Gasteiger partial charge >= 0.3 is 6.03 Å². The van der Waals surface area contributed by atoms with E-state index in [1.54, 1.807) is 0 Å². The molecule has 5 heteroatoms. The van der Waals surface area contributed by atoms with Crippen LogP contribution in [-0.2, 0) is 4.79 Å². The minimum absolute atomic E-state index is 0.111. The Bertz CT molecular complexity index is 699. The van der Waals surface area contributed by atoms with Crippen molar-refractivity contribution in [2.24, 2.45) is 5.73 Å². The number of hydrogen-bond acceptors (Lipinski definition) is 2. The second-order valence-corrected chi connectivity index (χ2v) is 5.54. The first-order chi connectivity index (χ1) is 11.0. The molecule has 2 rings (SSSR count). The molecule has 0 aromatic heterocycles. The van der Waals surface area contributed by atoms with E-state index in [1.165, 1.54) is 0 Å². The molecule has 2 aromatic carbocycles. The molecule has 0 aliphatic heterocycles. The quantitative estimate of drug-likeness (QED) is 0.793. The third kappa shape index (κ3) is 4.85. The van der Waals surface area contributed by atoms with Crippen molar-refractivity contribution in [2.45, 2.75) is 26.3 Å². The van der Waals surface area contributed by atoms with Crippen LogP contribution in [0.25, 0.3) is 0 Å². The predicted molar refractivity (Wildman–Crippen MR) is 91.1 cm³/mol. The Labute approximate surface area is 135 Å². The fourth-order valence-corrected chi connectivity index (χ4v) is 2.45. The fraction of sp³-hybridized carbons (Fsp3) is 0.222. The molecule has 3 amide bonds. The van der Waals surface area contributed by atoms with Crippen LogP contribution in [-0.4, -0.2) is 11.9 Å². The van der Waals surface area contributed by atoms with E-state index in [1.807, 2.05) is 62.4 Å². The van der Waals surface area contributed by atoms with E-state index in [-0.39, 0.29) is 12.3 Å². The number of benzene rings is 2. The molecule has 120 valence electrons. The molecule has 0 fully saturated rings. The minimum Gasteiger partial charge on any atom is -0.352 e. The average molecular weight is 311 g/mol. The summed E-state index contributed by atoms with van der Waals surface area (Å²) in [5.74, 6) is -0.181. The lowest BCUT2D eigenvalue weighted by Crippen LogP contribution is -2.35. The molecule has 0 spiro atoms. The third-order valence-corrected chi connectivity index (χ3v) is 3.56. The number of urea groups is 1. The maximum Gasteiger partial charge on any atom is 0.312 e. The number of primary amides is 1. The number of nitrogens with one attached hydrogen (secondary N) is 2. The Morgan fingerprint density at radius 1 is 1.09 bits per heavy atom. The van der Waals surface area contributed by atoms with Gasteiger partial charge in [-0.2, -0.15) is 0 Å². The largest absolute Gasteiger partial charge is 0.352 e. The van der Waals surface area contributed by atoms with E-state index in [0.29, 0.717) is 0 Å². The molecular weight excluding hydrogens is 290 g/mol. The fourth-order valence-electron chi connectivity index (χ4n) is 2.45. The van der Waals surface area contributed by atoms with Crippen molar-refractivity contribution in [3.63, 3.8) is 0 Å². The minimum atomic E-state index is -0.654. The van der Waals surface area contributed by atoms with Crippen molar-refractivity contribution in [1.29, 1.82) is 0 Å². The maximum absolute atomic E-state index is 12.3. The first-order valence-electron chi connectivity index (χ1n) is 7.43. The lowest BCUT2D eigenvalue weighted by Gasteiger charge is -2.18. The van der Waals surface area contributed by atoms with E-state index in [4.69, 9.17) is 5.73 Å². The third-order valence-electron chi connectivity index (χ3n) is 3.56. The molecule has 2 aromatic rings. The molecule has 23 heavy (non-hydrogen) atoms. The van der Waals surface area contributed by atoms with Gasteiger partial charge in [0.2, 0.25) is 5.91 Å². The van der Waals surface area contributed by atoms with Gasteiger partial charge in [-0.25, -0.2) is 4.79 Å². The van der Waals surface area contributed by atoms with Crippen LogP contribution in [0.3, 0.4) is 0 Å². The number of carbonyl (C=O) groups is 2. The summed E-state index contributed by atoms with van der Waals surface area (Å²) in [4.78, 5) is 23.5. The highest BCUT2D eigenvalue weighted by molar-refractivity contribution is 5.92. The van der Waals surface area contributed by atoms with Crippen molar-refractivity contribution < 1.29 is 9.59 Å². The highest BCUT2D eigenvalue weighted by Crippen LogP contribution is 2.20. The summed E-state index contributed by atoms with van der Waals surface area (Å²) in [6, 6.07) is 14.0. The number of anilines is 1. The van der Waals surface area contributed by atoms with Crippen LogP contribution >= 0.6 is 0 Å². The van der Waals surface area contributed by atoms with Crippen LogP contribution in [0.5, 0.6) is 0 Å². The van der Waals surface area contributed by atoms with E-state index in [0.717, 1.165) is 22.4 Å². The highest BCUT2D eigenvalue weighted by Gasteiger charge is 2.17. The van der Waals surface area contributed by atoms with Gasteiger partial charge < -0.3 is 16.4 Å². The zero-order valence-corrected chi connectivity index (χ0v) is 13.3. The molecule has 0 heterocycles. The molecule has 0 saturated heterocycles. The number of amides is 3. The smallest absolute Gasteiger partial charge is 0.312 e. The summed E-state index contributed by atoms with van der Waals surface area (Å²) >= 11 is 0. The van der Waals surface area contributed by atoms with Crippen LogP contribution in [0.15, 0.2) is 48.5 Å². The Morgan fingerprint density at radius 3 is 2.39 bits per heavy atom. The summed E-state index contributed by atoms with van der Waals surface area (Å²) < 4.78 is 0. The van der Waals surface area contributed by atoms with Crippen LogP contribution in [0.4, 0.5) is 10.5 Å². The first-order valence-corrected chi connectivity index (χ1v) is 7.43.